The minimum atomic E-state index is -1.01. The Balaban J connectivity index is 1.95. The van der Waals surface area contributed by atoms with Crippen molar-refractivity contribution >= 4 is 17.3 Å². The first-order chi connectivity index (χ1) is 9.08. The Kier molecular flexibility index (Phi) is 3.70. The standard InChI is InChI=1S/C13H16N4O2/c1-17-10(5-7-16-17)4-6-15-9-2-3-11(13(18)19)12(14)8-9/h2-3,5,7-8,15H,4,6,14H2,1H3,(H,18,19). The maximum Gasteiger partial charge on any atom is 0.337 e. The van der Waals surface area contributed by atoms with Gasteiger partial charge in [-0.1, -0.05) is 0 Å². The van der Waals surface area contributed by atoms with Crippen LogP contribution in [0.2, 0.25) is 0 Å². The molecule has 2 aromatic rings. The Morgan fingerprint density at radius 3 is 2.84 bits per heavy atom. The number of benzene rings is 1. The lowest BCUT2D eigenvalue weighted by molar-refractivity contribution is 0.0698. The van der Waals surface area contributed by atoms with Gasteiger partial charge in [0.05, 0.1) is 5.56 Å². The molecule has 1 aromatic carbocycles. The zero-order valence-electron chi connectivity index (χ0n) is 10.6. The zero-order valence-corrected chi connectivity index (χ0v) is 10.6. The Morgan fingerprint density at radius 2 is 2.26 bits per heavy atom. The van der Waals surface area contributed by atoms with Crippen LogP contribution in [0.5, 0.6) is 0 Å². The highest BCUT2D eigenvalue weighted by Crippen LogP contribution is 2.18. The number of rotatable bonds is 5. The van der Waals surface area contributed by atoms with Gasteiger partial charge in [0.1, 0.15) is 0 Å². The predicted molar refractivity (Wildman–Crippen MR) is 73.2 cm³/mol. The summed E-state index contributed by atoms with van der Waals surface area (Å²) in [4.78, 5) is 10.8. The van der Waals surface area contributed by atoms with Gasteiger partial charge < -0.3 is 16.2 Å². The van der Waals surface area contributed by atoms with E-state index in [-0.39, 0.29) is 11.3 Å². The second kappa shape index (κ2) is 5.43. The molecule has 0 unspecified atom stereocenters. The number of nitrogens with zero attached hydrogens (tertiary/aromatic N) is 2. The number of nitrogens with one attached hydrogen (secondary N) is 1. The molecule has 0 bridgehead atoms. The highest BCUT2D eigenvalue weighted by molar-refractivity contribution is 5.94. The largest absolute Gasteiger partial charge is 0.478 e. The smallest absolute Gasteiger partial charge is 0.337 e. The molecule has 0 saturated heterocycles. The van der Waals surface area contributed by atoms with Gasteiger partial charge in [0.15, 0.2) is 0 Å². The van der Waals surface area contributed by atoms with E-state index in [0.29, 0.717) is 0 Å². The summed E-state index contributed by atoms with van der Waals surface area (Å²) in [6.07, 6.45) is 2.59. The second-order valence-corrected chi connectivity index (χ2v) is 4.23. The molecule has 1 heterocycles. The van der Waals surface area contributed by atoms with Crippen molar-refractivity contribution < 1.29 is 9.90 Å². The van der Waals surface area contributed by atoms with Gasteiger partial charge in [-0.3, -0.25) is 4.68 Å². The summed E-state index contributed by atoms with van der Waals surface area (Å²) < 4.78 is 1.82. The van der Waals surface area contributed by atoms with Crippen LogP contribution in [0.3, 0.4) is 0 Å². The summed E-state index contributed by atoms with van der Waals surface area (Å²) in [7, 11) is 1.90. The van der Waals surface area contributed by atoms with Crippen molar-refractivity contribution in [3.8, 4) is 0 Å². The summed E-state index contributed by atoms with van der Waals surface area (Å²) in [6, 6.07) is 6.81. The van der Waals surface area contributed by atoms with Crippen LogP contribution in [0.25, 0.3) is 0 Å². The molecule has 0 saturated carbocycles. The number of carboxylic acids is 1. The molecular formula is C13H16N4O2. The van der Waals surface area contributed by atoms with E-state index in [1.54, 1.807) is 18.3 Å². The normalized spacial score (nSPS) is 10.4. The van der Waals surface area contributed by atoms with E-state index in [2.05, 4.69) is 10.4 Å². The number of aromatic carboxylic acids is 1. The Hall–Kier alpha value is -2.50. The summed E-state index contributed by atoms with van der Waals surface area (Å²) in [6.45, 7) is 0.728. The van der Waals surface area contributed by atoms with E-state index in [1.165, 1.54) is 6.07 Å². The van der Waals surface area contributed by atoms with Crippen LogP contribution in [-0.4, -0.2) is 27.4 Å². The molecule has 100 valence electrons. The monoisotopic (exact) mass is 260 g/mol. The third-order valence-electron chi connectivity index (χ3n) is 2.91. The molecule has 6 heteroatoms. The maximum atomic E-state index is 10.8. The fourth-order valence-corrected chi connectivity index (χ4v) is 1.85. The number of nitrogens with two attached hydrogens (primary N) is 1. The minimum absolute atomic E-state index is 0.122. The number of carboxylic acid groups (broad SMARTS) is 1. The highest BCUT2D eigenvalue weighted by atomic mass is 16.4. The van der Waals surface area contributed by atoms with Crippen molar-refractivity contribution in [2.45, 2.75) is 6.42 Å². The van der Waals surface area contributed by atoms with Crippen LogP contribution >= 0.6 is 0 Å². The van der Waals surface area contributed by atoms with E-state index >= 15 is 0 Å². The number of aromatic nitrogens is 2. The van der Waals surface area contributed by atoms with Gasteiger partial charge in [0, 0.05) is 43.3 Å². The zero-order chi connectivity index (χ0) is 13.8. The average Bonchev–Trinajstić information content (AvgIpc) is 2.75. The van der Waals surface area contributed by atoms with Crippen LogP contribution in [0, 0.1) is 0 Å². The van der Waals surface area contributed by atoms with E-state index in [9.17, 15) is 4.79 Å². The van der Waals surface area contributed by atoms with Gasteiger partial charge in [0.25, 0.3) is 0 Å². The van der Waals surface area contributed by atoms with Crippen LogP contribution in [0.4, 0.5) is 11.4 Å². The third kappa shape index (κ3) is 3.04. The number of nitrogen functional groups attached to an aromatic ring is 1. The van der Waals surface area contributed by atoms with Crippen molar-refractivity contribution in [3.05, 3.63) is 41.7 Å². The van der Waals surface area contributed by atoms with Gasteiger partial charge in [0.2, 0.25) is 0 Å². The van der Waals surface area contributed by atoms with Crippen molar-refractivity contribution in [1.29, 1.82) is 0 Å². The van der Waals surface area contributed by atoms with E-state index in [4.69, 9.17) is 10.8 Å². The first-order valence-corrected chi connectivity index (χ1v) is 5.91. The van der Waals surface area contributed by atoms with Crippen molar-refractivity contribution in [1.82, 2.24) is 9.78 Å². The molecule has 19 heavy (non-hydrogen) atoms. The van der Waals surface area contributed by atoms with Crippen molar-refractivity contribution in [3.63, 3.8) is 0 Å². The molecule has 0 aliphatic rings. The molecule has 6 nitrogen and oxygen atoms in total. The second-order valence-electron chi connectivity index (χ2n) is 4.23. The molecule has 0 aliphatic heterocycles. The van der Waals surface area contributed by atoms with Crippen LogP contribution in [0.1, 0.15) is 16.1 Å². The van der Waals surface area contributed by atoms with Gasteiger partial charge >= 0.3 is 5.97 Å². The van der Waals surface area contributed by atoms with Crippen LogP contribution < -0.4 is 11.1 Å². The van der Waals surface area contributed by atoms with Gasteiger partial charge in [-0.2, -0.15) is 5.10 Å². The molecule has 0 fully saturated rings. The van der Waals surface area contributed by atoms with E-state index in [1.807, 2.05) is 17.8 Å². The Bertz CT molecular complexity index is 592. The fraction of sp³-hybridized carbons (Fsp3) is 0.231. The Morgan fingerprint density at radius 1 is 1.47 bits per heavy atom. The minimum Gasteiger partial charge on any atom is -0.478 e. The lowest BCUT2D eigenvalue weighted by Gasteiger charge is -2.08. The summed E-state index contributed by atoms with van der Waals surface area (Å²) in [5.41, 5.74) is 8.00. The first-order valence-electron chi connectivity index (χ1n) is 5.91. The Labute approximate surface area is 110 Å². The fourth-order valence-electron chi connectivity index (χ4n) is 1.85. The summed E-state index contributed by atoms with van der Waals surface area (Å²) in [5, 5.41) is 16.2. The molecular weight excluding hydrogens is 244 g/mol. The first kappa shape index (κ1) is 12.9. The maximum absolute atomic E-state index is 10.8. The summed E-state index contributed by atoms with van der Waals surface area (Å²) >= 11 is 0. The average molecular weight is 260 g/mol. The van der Waals surface area contributed by atoms with Crippen LogP contribution in [-0.2, 0) is 13.5 Å². The topological polar surface area (TPSA) is 93.2 Å². The SMILES string of the molecule is Cn1nccc1CCNc1ccc(C(=O)O)c(N)c1. The van der Waals surface area contributed by atoms with Crippen LogP contribution in [0.15, 0.2) is 30.5 Å². The van der Waals surface area contributed by atoms with Crippen molar-refractivity contribution in [2.75, 3.05) is 17.6 Å². The number of hydrogen-bond donors (Lipinski definition) is 3. The lowest BCUT2D eigenvalue weighted by Crippen LogP contribution is -2.09. The quantitative estimate of drug-likeness (QED) is 0.706. The highest BCUT2D eigenvalue weighted by Gasteiger charge is 2.07. The molecule has 0 atom stereocenters. The molecule has 0 amide bonds. The molecule has 0 radical (unpaired) electrons. The summed E-state index contributed by atoms with van der Waals surface area (Å²) in [5.74, 6) is -1.01. The van der Waals surface area contributed by atoms with E-state index < -0.39 is 5.97 Å². The molecule has 0 aliphatic carbocycles. The number of carbonyl (C=O) groups is 1. The van der Waals surface area contributed by atoms with Gasteiger partial charge in [-0.25, -0.2) is 4.79 Å². The predicted octanol–water partition coefficient (Wildman–Crippen LogP) is 1.36. The number of anilines is 2. The molecule has 0 spiro atoms. The van der Waals surface area contributed by atoms with Gasteiger partial charge in [-0.15, -0.1) is 0 Å². The van der Waals surface area contributed by atoms with Gasteiger partial charge in [-0.05, 0) is 24.3 Å². The van der Waals surface area contributed by atoms with E-state index in [0.717, 1.165) is 24.3 Å². The number of aryl methyl sites for hydroxylation is 1. The molecule has 4 N–H and O–H groups in total. The molecule has 1 aromatic heterocycles. The van der Waals surface area contributed by atoms with Crippen molar-refractivity contribution in [2.24, 2.45) is 7.05 Å². The number of hydrogen-bond acceptors (Lipinski definition) is 4. The molecule has 2 rings (SSSR count). The lowest BCUT2D eigenvalue weighted by atomic mass is 10.1. The third-order valence-corrected chi connectivity index (χ3v) is 2.91.